The standard InChI is InChI=1S/C16H21N3O2S2/c1-12(16-18-14-9-5-6-10-15(14)22-16)19-23(20,21)17-11-13-7-3-2-4-8-13/h2-4,7-8,12,17,19H,5-6,9-11H2,1H3. The molecule has 1 aromatic heterocycles. The molecule has 3 rings (SSSR count). The summed E-state index contributed by atoms with van der Waals surface area (Å²) in [5.74, 6) is 0. The molecule has 0 aliphatic heterocycles. The first-order valence-electron chi connectivity index (χ1n) is 7.83. The molecule has 1 atom stereocenters. The molecule has 124 valence electrons. The zero-order valence-electron chi connectivity index (χ0n) is 13.1. The maximum absolute atomic E-state index is 12.2. The summed E-state index contributed by atoms with van der Waals surface area (Å²) < 4.78 is 29.6. The van der Waals surface area contributed by atoms with E-state index in [1.54, 1.807) is 11.3 Å². The first kappa shape index (κ1) is 16.6. The van der Waals surface area contributed by atoms with Gasteiger partial charge in [-0.15, -0.1) is 11.3 Å². The van der Waals surface area contributed by atoms with E-state index >= 15 is 0 Å². The Morgan fingerprint density at radius 2 is 1.96 bits per heavy atom. The zero-order valence-corrected chi connectivity index (χ0v) is 14.7. The van der Waals surface area contributed by atoms with Gasteiger partial charge in [0.15, 0.2) is 0 Å². The number of hydrogen-bond donors (Lipinski definition) is 2. The third kappa shape index (κ3) is 4.38. The molecule has 0 fully saturated rings. The Labute approximate surface area is 141 Å². The molecule has 1 aromatic carbocycles. The molecule has 1 heterocycles. The van der Waals surface area contributed by atoms with Crippen LogP contribution in [-0.2, 0) is 29.6 Å². The molecule has 23 heavy (non-hydrogen) atoms. The molecule has 2 aromatic rings. The first-order valence-corrected chi connectivity index (χ1v) is 10.1. The molecule has 0 bridgehead atoms. The Balaban J connectivity index is 1.61. The number of aryl methyl sites for hydroxylation is 2. The van der Waals surface area contributed by atoms with E-state index in [1.165, 1.54) is 17.7 Å². The monoisotopic (exact) mass is 351 g/mol. The molecule has 0 spiro atoms. The van der Waals surface area contributed by atoms with E-state index in [1.807, 2.05) is 37.3 Å². The van der Waals surface area contributed by atoms with E-state index in [0.717, 1.165) is 29.1 Å². The van der Waals surface area contributed by atoms with Gasteiger partial charge in [-0.2, -0.15) is 17.9 Å². The van der Waals surface area contributed by atoms with Crippen molar-refractivity contribution in [2.45, 2.75) is 45.2 Å². The number of hydrogen-bond acceptors (Lipinski definition) is 4. The molecular formula is C16H21N3O2S2. The summed E-state index contributed by atoms with van der Waals surface area (Å²) in [5, 5.41) is 0.849. The Kier molecular flexibility index (Phi) is 5.11. The quantitative estimate of drug-likeness (QED) is 0.840. The fourth-order valence-electron chi connectivity index (χ4n) is 2.66. The van der Waals surface area contributed by atoms with Crippen LogP contribution in [0.4, 0.5) is 0 Å². The highest BCUT2D eigenvalue weighted by Gasteiger charge is 2.21. The molecule has 1 aliphatic carbocycles. The van der Waals surface area contributed by atoms with Crippen molar-refractivity contribution < 1.29 is 8.42 Å². The van der Waals surface area contributed by atoms with Crippen LogP contribution in [-0.4, -0.2) is 13.4 Å². The topological polar surface area (TPSA) is 71.1 Å². The molecule has 2 N–H and O–H groups in total. The molecule has 7 heteroatoms. The van der Waals surface area contributed by atoms with Gasteiger partial charge in [0.2, 0.25) is 0 Å². The Hall–Kier alpha value is -1.28. The fourth-order valence-corrected chi connectivity index (χ4v) is 4.90. The van der Waals surface area contributed by atoms with Gasteiger partial charge in [-0.1, -0.05) is 30.3 Å². The molecule has 0 amide bonds. The second kappa shape index (κ2) is 7.09. The lowest BCUT2D eigenvalue weighted by molar-refractivity contribution is 0.551. The van der Waals surface area contributed by atoms with Crippen molar-refractivity contribution in [1.82, 2.24) is 14.4 Å². The molecule has 5 nitrogen and oxygen atoms in total. The number of fused-ring (bicyclic) bond motifs is 1. The van der Waals surface area contributed by atoms with Gasteiger partial charge in [-0.25, -0.2) is 4.98 Å². The lowest BCUT2D eigenvalue weighted by Gasteiger charge is -2.12. The lowest BCUT2D eigenvalue weighted by Crippen LogP contribution is -2.37. The van der Waals surface area contributed by atoms with E-state index in [-0.39, 0.29) is 12.6 Å². The minimum Gasteiger partial charge on any atom is -0.244 e. The second-order valence-corrected chi connectivity index (χ2v) is 8.43. The van der Waals surface area contributed by atoms with Gasteiger partial charge < -0.3 is 0 Å². The van der Waals surface area contributed by atoms with E-state index in [0.29, 0.717) is 0 Å². The molecule has 0 radical (unpaired) electrons. The number of aromatic nitrogens is 1. The SMILES string of the molecule is CC(NS(=O)(=O)NCc1ccccc1)c1nc2c(s1)CCCC2. The van der Waals surface area contributed by atoms with E-state index in [2.05, 4.69) is 14.4 Å². The summed E-state index contributed by atoms with van der Waals surface area (Å²) >= 11 is 1.63. The maximum Gasteiger partial charge on any atom is 0.277 e. The summed E-state index contributed by atoms with van der Waals surface area (Å²) in [6.07, 6.45) is 4.46. The minimum absolute atomic E-state index is 0.275. The van der Waals surface area contributed by atoms with Crippen molar-refractivity contribution >= 4 is 21.5 Å². The van der Waals surface area contributed by atoms with Crippen molar-refractivity contribution in [2.75, 3.05) is 0 Å². The molecule has 0 saturated heterocycles. The van der Waals surface area contributed by atoms with Gasteiger partial charge in [0, 0.05) is 11.4 Å². The average molecular weight is 351 g/mol. The fraction of sp³-hybridized carbons (Fsp3) is 0.438. The van der Waals surface area contributed by atoms with Crippen LogP contribution in [0.3, 0.4) is 0 Å². The van der Waals surface area contributed by atoms with Crippen LogP contribution in [0.1, 0.15) is 46.9 Å². The van der Waals surface area contributed by atoms with Gasteiger partial charge >= 0.3 is 0 Å². The van der Waals surface area contributed by atoms with Crippen molar-refractivity contribution in [1.29, 1.82) is 0 Å². The first-order chi connectivity index (χ1) is 11.0. The summed E-state index contributed by atoms with van der Waals surface area (Å²) in [4.78, 5) is 5.93. The van der Waals surface area contributed by atoms with Crippen molar-refractivity contribution in [3.05, 3.63) is 51.5 Å². The number of benzene rings is 1. The highest BCUT2D eigenvalue weighted by molar-refractivity contribution is 7.87. The van der Waals surface area contributed by atoms with Crippen LogP contribution in [0, 0.1) is 0 Å². The average Bonchev–Trinajstić information content (AvgIpc) is 2.98. The van der Waals surface area contributed by atoms with Crippen LogP contribution in [0.5, 0.6) is 0 Å². The molecular weight excluding hydrogens is 330 g/mol. The van der Waals surface area contributed by atoms with Crippen molar-refractivity contribution in [3.8, 4) is 0 Å². The minimum atomic E-state index is -3.56. The number of nitrogens with zero attached hydrogens (tertiary/aromatic N) is 1. The van der Waals surface area contributed by atoms with Crippen molar-refractivity contribution in [3.63, 3.8) is 0 Å². The predicted molar refractivity (Wildman–Crippen MR) is 92.5 cm³/mol. The van der Waals surface area contributed by atoms with Crippen LogP contribution in [0.25, 0.3) is 0 Å². The highest BCUT2D eigenvalue weighted by atomic mass is 32.2. The van der Waals surface area contributed by atoms with E-state index < -0.39 is 10.2 Å². The van der Waals surface area contributed by atoms with Crippen LogP contribution < -0.4 is 9.44 Å². The molecule has 0 saturated carbocycles. The summed E-state index contributed by atoms with van der Waals surface area (Å²) in [6.45, 7) is 2.11. The van der Waals surface area contributed by atoms with Gasteiger partial charge in [0.25, 0.3) is 10.2 Å². The maximum atomic E-state index is 12.2. The lowest BCUT2D eigenvalue weighted by atomic mass is 10.0. The van der Waals surface area contributed by atoms with Gasteiger partial charge in [0.05, 0.1) is 11.7 Å². The van der Waals surface area contributed by atoms with E-state index in [4.69, 9.17) is 0 Å². The van der Waals surface area contributed by atoms with E-state index in [9.17, 15) is 8.42 Å². The van der Waals surface area contributed by atoms with Crippen LogP contribution >= 0.6 is 11.3 Å². The number of thiazole rings is 1. The predicted octanol–water partition coefficient (Wildman–Crippen LogP) is 2.71. The summed E-state index contributed by atoms with van der Waals surface area (Å²) in [6, 6.07) is 9.14. The molecule has 1 unspecified atom stereocenters. The van der Waals surface area contributed by atoms with Gasteiger partial charge in [-0.05, 0) is 38.2 Å². The van der Waals surface area contributed by atoms with Crippen molar-refractivity contribution in [2.24, 2.45) is 0 Å². The Morgan fingerprint density at radius 3 is 2.70 bits per heavy atom. The number of nitrogens with one attached hydrogen (secondary N) is 2. The van der Waals surface area contributed by atoms with Crippen LogP contribution in [0.15, 0.2) is 30.3 Å². The Morgan fingerprint density at radius 1 is 1.22 bits per heavy atom. The summed E-state index contributed by atoms with van der Waals surface area (Å²) in [7, 11) is -3.56. The van der Waals surface area contributed by atoms with Gasteiger partial charge in [0.1, 0.15) is 5.01 Å². The third-order valence-corrected chi connectivity index (χ3v) is 6.40. The molecule has 1 aliphatic rings. The zero-order chi connectivity index (χ0) is 16.3. The smallest absolute Gasteiger partial charge is 0.244 e. The second-order valence-electron chi connectivity index (χ2n) is 5.78. The largest absolute Gasteiger partial charge is 0.277 e. The van der Waals surface area contributed by atoms with Gasteiger partial charge in [-0.3, -0.25) is 0 Å². The normalized spacial score (nSPS) is 16.0. The number of rotatable bonds is 6. The summed E-state index contributed by atoms with van der Waals surface area (Å²) in [5.41, 5.74) is 2.08. The Bertz CT molecular complexity index is 733. The highest BCUT2D eigenvalue weighted by Crippen LogP contribution is 2.29. The third-order valence-electron chi connectivity index (χ3n) is 3.87. The van der Waals surface area contributed by atoms with Crippen LogP contribution in [0.2, 0.25) is 0 Å².